The van der Waals surface area contributed by atoms with Gasteiger partial charge in [0.15, 0.2) is 0 Å². The fourth-order valence-electron chi connectivity index (χ4n) is 4.06. The second-order valence-corrected chi connectivity index (χ2v) is 9.22. The summed E-state index contributed by atoms with van der Waals surface area (Å²) < 4.78 is 46.0. The van der Waals surface area contributed by atoms with Crippen molar-refractivity contribution in [3.05, 3.63) is 103 Å². The number of carbonyl (C=O) groups excluding carboxylic acids is 1. The minimum absolute atomic E-state index is 0.00636. The molecular formula is C28H20Cl2F3NO3. The lowest BCUT2D eigenvalue weighted by molar-refractivity contribution is -0.137. The first kappa shape index (κ1) is 26.5. The lowest BCUT2D eigenvalue weighted by atomic mass is 9.93. The Hall–Kier alpha value is -3.55. The molecule has 0 atom stereocenters. The van der Waals surface area contributed by atoms with E-state index in [1.54, 1.807) is 25.1 Å². The highest BCUT2D eigenvalue weighted by Gasteiger charge is 2.34. The Morgan fingerprint density at radius 3 is 2.54 bits per heavy atom. The van der Waals surface area contributed by atoms with Gasteiger partial charge in [0.05, 0.1) is 23.2 Å². The van der Waals surface area contributed by atoms with E-state index in [0.717, 1.165) is 23.3 Å². The number of rotatable bonds is 5. The molecule has 4 aromatic rings. The van der Waals surface area contributed by atoms with Crippen LogP contribution in [-0.2, 0) is 17.4 Å². The number of allylic oxidation sites excluding steroid dienone is 1. The van der Waals surface area contributed by atoms with E-state index in [2.05, 4.69) is 5.32 Å². The summed E-state index contributed by atoms with van der Waals surface area (Å²) in [6.07, 6.45) is -1.53. The molecule has 0 aliphatic rings. The van der Waals surface area contributed by atoms with E-state index < -0.39 is 35.4 Å². The molecule has 190 valence electrons. The van der Waals surface area contributed by atoms with E-state index in [1.807, 2.05) is 31.2 Å². The van der Waals surface area contributed by atoms with Crippen molar-refractivity contribution in [1.29, 1.82) is 0 Å². The Bertz CT molecular complexity index is 1610. The standard InChI is InChI=1S/C28H20Cl2F3NO3/c1-3-5-16-6-4-7-17(11-16)26-19-10-15(2)22(30)14-24(19)37-27(36)20(26)13-25(35)34-23-9-8-18(29)12-21(23)28(31,32)33/h3-12,14H,13H2,1-2H3,(H,34,35)/b5-3+. The third-order valence-corrected chi connectivity index (χ3v) is 6.36. The van der Waals surface area contributed by atoms with Crippen molar-refractivity contribution in [1.82, 2.24) is 0 Å². The first-order valence-electron chi connectivity index (χ1n) is 11.1. The van der Waals surface area contributed by atoms with Crippen LogP contribution in [0.25, 0.3) is 28.2 Å². The molecule has 1 heterocycles. The van der Waals surface area contributed by atoms with Gasteiger partial charge in [0.25, 0.3) is 0 Å². The highest BCUT2D eigenvalue weighted by Crippen LogP contribution is 2.37. The molecule has 9 heteroatoms. The Kier molecular flexibility index (Phi) is 7.48. The second kappa shape index (κ2) is 10.4. The number of halogens is 5. The number of aryl methyl sites for hydroxylation is 1. The van der Waals surface area contributed by atoms with Crippen LogP contribution in [0, 0.1) is 6.92 Å². The average molecular weight is 546 g/mol. The number of amides is 1. The van der Waals surface area contributed by atoms with Crippen LogP contribution in [0.15, 0.2) is 69.9 Å². The molecule has 3 aromatic carbocycles. The number of carbonyl (C=O) groups is 1. The zero-order chi connectivity index (χ0) is 26.9. The SMILES string of the molecule is C/C=C/c1cccc(-c2c(CC(=O)Nc3ccc(Cl)cc3C(F)(F)F)c(=O)oc3cc(Cl)c(C)cc23)c1. The maximum Gasteiger partial charge on any atom is 0.418 e. The Balaban J connectivity index is 1.86. The van der Waals surface area contributed by atoms with Crippen LogP contribution < -0.4 is 10.9 Å². The van der Waals surface area contributed by atoms with E-state index in [9.17, 15) is 22.8 Å². The lowest BCUT2D eigenvalue weighted by Crippen LogP contribution is -2.22. The number of benzene rings is 3. The molecule has 4 nitrogen and oxygen atoms in total. The van der Waals surface area contributed by atoms with Crippen LogP contribution in [0.3, 0.4) is 0 Å². The predicted molar refractivity (Wildman–Crippen MR) is 141 cm³/mol. The number of hydrogen-bond acceptors (Lipinski definition) is 3. The minimum Gasteiger partial charge on any atom is -0.422 e. The summed E-state index contributed by atoms with van der Waals surface area (Å²) in [6, 6.07) is 13.6. The van der Waals surface area contributed by atoms with Crippen LogP contribution >= 0.6 is 23.2 Å². The van der Waals surface area contributed by atoms with Crippen LogP contribution in [0.2, 0.25) is 10.0 Å². The van der Waals surface area contributed by atoms with Gasteiger partial charge in [0.1, 0.15) is 5.58 Å². The molecule has 0 aliphatic carbocycles. The van der Waals surface area contributed by atoms with Crippen LogP contribution in [0.5, 0.6) is 0 Å². The van der Waals surface area contributed by atoms with Gasteiger partial charge in [-0.05, 0) is 60.9 Å². The molecule has 1 aromatic heterocycles. The maximum atomic E-state index is 13.5. The predicted octanol–water partition coefficient (Wildman–Crippen LogP) is 8.31. The highest BCUT2D eigenvalue weighted by molar-refractivity contribution is 6.32. The quantitative estimate of drug-likeness (QED) is 0.256. The van der Waals surface area contributed by atoms with Crippen molar-refractivity contribution in [3.8, 4) is 11.1 Å². The Morgan fingerprint density at radius 2 is 1.84 bits per heavy atom. The smallest absolute Gasteiger partial charge is 0.418 e. The average Bonchev–Trinajstić information content (AvgIpc) is 2.82. The van der Waals surface area contributed by atoms with E-state index in [4.69, 9.17) is 27.6 Å². The number of anilines is 1. The lowest BCUT2D eigenvalue weighted by Gasteiger charge is -2.16. The molecule has 0 fully saturated rings. The molecule has 0 bridgehead atoms. The first-order chi connectivity index (χ1) is 17.5. The normalized spacial score (nSPS) is 11.9. The summed E-state index contributed by atoms with van der Waals surface area (Å²) in [5, 5.41) is 3.09. The Morgan fingerprint density at radius 1 is 1.08 bits per heavy atom. The summed E-state index contributed by atoms with van der Waals surface area (Å²) in [5.74, 6) is -0.823. The summed E-state index contributed by atoms with van der Waals surface area (Å²) >= 11 is 12.0. The number of hydrogen-bond donors (Lipinski definition) is 1. The molecule has 0 radical (unpaired) electrons. The summed E-state index contributed by atoms with van der Waals surface area (Å²) in [5.41, 5.74) is 0.551. The van der Waals surface area contributed by atoms with Gasteiger partial charge in [0, 0.05) is 27.1 Å². The first-order valence-corrected chi connectivity index (χ1v) is 11.9. The van der Waals surface area contributed by atoms with Gasteiger partial charge in [-0.25, -0.2) is 4.79 Å². The maximum absolute atomic E-state index is 13.5. The third kappa shape index (κ3) is 5.73. The van der Waals surface area contributed by atoms with Crippen LogP contribution in [0.1, 0.15) is 29.2 Å². The fraction of sp³-hybridized carbons (Fsp3) is 0.143. The van der Waals surface area contributed by atoms with Gasteiger partial charge in [-0.3, -0.25) is 4.79 Å². The van der Waals surface area contributed by atoms with Crippen molar-refractivity contribution < 1.29 is 22.4 Å². The third-order valence-electron chi connectivity index (χ3n) is 5.71. The van der Waals surface area contributed by atoms with Gasteiger partial charge in [-0.2, -0.15) is 13.2 Å². The fourth-order valence-corrected chi connectivity index (χ4v) is 4.39. The van der Waals surface area contributed by atoms with Gasteiger partial charge in [-0.1, -0.05) is 53.6 Å². The monoisotopic (exact) mass is 545 g/mol. The van der Waals surface area contributed by atoms with E-state index in [0.29, 0.717) is 21.5 Å². The molecule has 4 rings (SSSR count). The second-order valence-electron chi connectivity index (χ2n) is 8.38. The van der Waals surface area contributed by atoms with Crippen LogP contribution in [0.4, 0.5) is 18.9 Å². The van der Waals surface area contributed by atoms with Crippen molar-refractivity contribution >= 4 is 51.8 Å². The van der Waals surface area contributed by atoms with E-state index in [1.165, 1.54) is 12.1 Å². The van der Waals surface area contributed by atoms with Gasteiger partial charge >= 0.3 is 11.8 Å². The summed E-state index contributed by atoms with van der Waals surface area (Å²) in [7, 11) is 0. The van der Waals surface area contributed by atoms with Gasteiger partial charge in [-0.15, -0.1) is 0 Å². The number of fused-ring (bicyclic) bond motifs is 1. The molecule has 0 saturated carbocycles. The number of alkyl halides is 3. The van der Waals surface area contributed by atoms with Crippen molar-refractivity contribution in [2.45, 2.75) is 26.4 Å². The highest BCUT2D eigenvalue weighted by atomic mass is 35.5. The molecule has 0 spiro atoms. The summed E-state index contributed by atoms with van der Waals surface area (Å²) in [4.78, 5) is 26.1. The zero-order valence-electron chi connectivity index (χ0n) is 19.7. The molecular weight excluding hydrogens is 526 g/mol. The van der Waals surface area contributed by atoms with Crippen molar-refractivity contribution in [3.63, 3.8) is 0 Å². The van der Waals surface area contributed by atoms with Gasteiger partial charge in [0.2, 0.25) is 5.91 Å². The molecule has 0 unspecified atom stereocenters. The largest absolute Gasteiger partial charge is 0.422 e. The molecule has 1 N–H and O–H groups in total. The molecule has 0 aliphatic heterocycles. The molecule has 37 heavy (non-hydrogen) atoms. The van der Waals surface area contributed by atoms with Crippen molar-refractivity contribution in [2.75, 3.05) is 5.32 Å². The Labute approximate surface area is 220 Å². The van der Waals surface area contributed by atoms with E-state index >= 15 is 0 Å². The molecule has 1 amide bonds. The minimum atomic E-state index is -4.75. The topological polar surface area (TPSA) is 59.3 Å². The molecule has 0 saturated heterocycles. The van der Waals surface area contributed by atoms with E-state index in [-0.39, 0.29) is 16.2 Å². The zero-order valence-corrected chi connectivity index (χ0v) is 21.2. The summed E-state index contributed by atoms with van der Waals surface area (Å²) in [6.45, 7) is 3.66. The van der Waals surface area contributed by atoms with Crippen LogP contribution in [-0.4, -0.2) is 5.91 Å². The van der Waals surface area contributed by atoms with Crippen molar-refractivity contribution in [2.24, 2.45) is 0 Å². The number of nitrogens with one attached hydrogen (secondary N) is 1. The van der Waals surface area contributed by atoms with Gasteiger partial charge < -0.3 is 9.73 Å².